The molecule has 0 saturated heterocycles. The molecule has 3 rings (SSSR count). The Labute approximate surface area is 183 Å². The van der Waals surface area contributed by atoms with Crippen molar-refractivity contribution in [1.29, 1.82) is 0 Å². The van der Waals surface area contributed by atoms with Gasteiger partial charge in [-0.05, 0) is 79.7 Å². The van der Waals surface area contributed by atoms with Crippen LogP contribution >= 0.6 is 0 Å². The molecule has 164 valence electrons. The van der Waals surface area contributed by atoms with Gasteiger partial charge in [0.25, 0.3) is 0 Å². The van der Waals surface area contributed by atoms with Gasteiger partial charge in [-0.2, -0.15) is 0 Å². The molecule has 0 unspecified atom stereocenters. The topological polar surface area (TPSA) is 12.9 Å². The largest absolute Gasteiger partial charge is 0.256 e. The van der Waals surface area contributed by atoms with Crippen molar-refractivity contribution in [2.45, 2.75) is 103 Å². The highest BCUT2D eigenvalue weighted by molar-refractivity contribution is 5.60. The van der Waals surface area contributed by atoms with Crippen molar-refractivity contribution in [2.75, 3.05) is 0 Å². The van der Waals surface area contributed by atoms with E-state index >= 15 is 0 Å². The quantitative estimate of drug-likeness (QED) is 0.338. The SMILES string of the molecule is CCCCCCC1CCC(c2ccc(-c3ccc(CCCCC)cc3F)nc2)CC1. The number of unbranched alkanes of at least 4 members (excludes halogenated alkanes) is 5. The molecule has 0 amide bonds. The van der Waals surface area contributed by atoms with E-state index in [4.69, 9.17) is 0 Å². The average Bonchev–Trinajstić information content (AvgIpc) is 2.78. The Morgan fingerprint density at radius 2 is 1.63 bits per heavy atom. The molecule has 1 saturated carbocycles. The molecule has 1 nitrogen and oxygen atoms in total. The monoisotopic (exact) mass is 409 g/mol. The van der Waals surface area contributed by atoms with Crippen molar-refractivity contribution >= 4 is 0 Å². The Balaban J connectivity index is 1.53. The summed E-state index contributed by atoms with van der Waals surface area (Å²) in [5.41, 5.74) is 3.80. The fourth-order valence-corrected chi connectivity index (χ4v) is 4.95. The third-order valence-electron chi connectivity index (χ3n) is 6.95. The highest BCUT2D eigenvalue weighted by atomic mass is 19.1. The van der Waals surface area contributed by atoms with Gasteiger partial charge in [-0.3, -0.25) is 4.98 Å². The molecule has 0 bridgehead atoms. The van der Waals surface area contributed by atoms with Crippen molar-refractivity contribution in [3.8, 4) is 11.3 Å². The zero-order chi connectivity index (χ0) is 21.2. The fourth-order valence-electron chi connectivity index (χ4n) is 4.95. The van der Waals surface area contributed by atoms with Crippen LogP contribution < -0.4 is 0 Å². The lowest BCUT2D eigenvalue weighted by Gasteiger charge is -2.28. The number of hydrogen-bond donors (Lipinski definition) is 0. The molecule has 0 radical (unpaired) electrons. The second-order valence-electron chi connectivity index (χ2n) is 9.32. The molecule has 2 aromatic rings. The maximum absolute atomic E-state index is 14.7. The summed E-state index contributed by atoms with van der Waals surface area (Å²) in [6.45, 7) is 4.47. The normalized spacial score (nSPS) is 19.2. The van der Waals surface area contributed by atoms with Crippen LogP contribution in [0.2, 0.25) is 0 Å². The first-order valence-corrected chi connectivity index (χ1v) is 12.5. The number of aryl methyl sites for hydroxylation is 1. The summed E-state index contributed by atoms with van der Waals surface area (Å²) >= 11 is 0. The minimum Gasteiger partial charge on any atom is -0.256 e. The Bertz CT molecular complexity index is 744. The van der Waals surface area contributed by atoms with Crippen LogP contribution in [0.4, 0.5) is 4.39 Å². The summed E-state index contributed by atoms with van der Waals surface area (Å²) in [6, 6.07) is 9.86. The smallest absolute Gasteiger partial charge is 0.132 e. The first kappa shape index (κ1) is 23.0. The standard InChI is InChI=1S/C28H40FN/c1-3-5-7-9-10-22-12-15-24(16-13-22)25-17-19-28(30-21-25)26-18-14-23(20-27(26)29)11-8-6-4-2/h14,17-22,24H,3-13,15-16H2,1-2H3. The molecular formula is C28H40FN. The number of aromatic nitrogens is 1. The highest BCUT2D eigenvalue weighted by Crippen LogP contribution is 2.38. The van der Waals surface area contributed by atoms with Crippen LogP contribution in [0.25, 0.3) is 11.3 Å². The van der Waals surface area contributed by atoms with E-state index in [1.54, 1.807) is 6.07 Å². The van der Waals surface area contributed by atoms with Crippen molar-refractivity contribution in [3.05, 3.63) is 53.5 Å². The third-order valence-corrected chi connectivity index (χ3v) is 6.95. The highest BCUT2D eigenvalue weighted by Gasteiger charge is 2.22. The van der Waals surface area contributed by atoms with Gasteiger partial charge in [0.05, 0.1) is 5.69 Å². The van der Waals surface area contributed by atoms with Crippen LogP contribution in [0.3, 0.4) is 0 Å². The maximum atomic E-state index is 14.7. The molecule has 1 fully saturated rings. The fraction of sp³-hybridized carbons (Fsp3) is 0.607. The first-order chi connectivity index (χ1) is 14.7. The Morgan fingerprint density at radius 3 is 2.30 bits per heavy atom. The van der Waals surface area contributed by atoms with E-state index in [-0.39, 0.29) is 5.82 Å². The molecule has 1 aromatic heterocycles. The van der Waals surface area contributed by atoms with E-state index in [1.807, 2.05) is 18.3 Å². The molecule has 0 N–H and O–H groups in total. The molecule has 1 aliphatic rings. The summed E-state index contributed by atoms with van der Waals surface area (Å²) in [5, 5.41) is 0. The van der Waals surface area contributed by atoms with Crippen molar-refractivity contribution in [3.63, 3.8) is 0 Å². The van der Waals surface area contributed by atoms with E-state index < -0.39 is 0 Å². The van der Waals surface area contributed by atoms with Crippen LogP contribution in [0, 0.1) is 11.7 Å². The predicted molar refractivity (Wildman–Crippen MR) is 126 cm³/mol. The number of halogens is 1. The second kappa shape index (κ2) is 12.2. The predicted octanol–water partition coefficient (Wildman–Crippen LogP) is 8.86. The maximum Gasteiger partial charge on any atom is 0.132 e. The number of pyridine rings is 1. The van der Waals surface area contributed by atoms with Gasteiger partial charge in [-0.25, -0.2) is 4.39 Å². The number of nitrogens with zero attached hydrogens (tertiary/aromatic N) is 1. The van der Waals surface area contributed by atoms with Crippen LogP contribution in [0.15, 0.2) is 36.5 Å². The molecule has 1 aliphatic carbocycles. The van der Waals surface area contributed by atoms with E-state index in [2.05, 4.69) is 31.0 Å². The van der Waals surface area contributed by atoms with Crippen molar-refractivity contribution < 1.29 is 4.39 Å². The molecule has 30 heavy (non-hydrogen) atoms. The molecule has 0 spiro atoms. The lowest BCUT2D eigenvalue weighted by atomic mass is 9.77. The van der Waals surface area contributed by atoms with Crippen LogP contribution in [-0.2, 0) is 6.42 Å². The third kappa shape index (κ3) is 6.65. The minimum absolute atomic E-state index is 0.146. The first-order valence-electron chi connectivity index (χ1n) is 12.5. The van der Waals surface area contributed by atoms with Gasteiger partial charge < -0.3 is 0 Å². The van der Waals surface area contributed by atoms with Gasteiger partial charge in [-0.1, -0.05) is 70.9 Å². The summed E-state index contributed by atoms with van der Waals surface area (Å²) < 4.78 is 14.7. The van der Waals surface area contributed by atoms with Gasteiger partial charge in [-0.15, -0.1) is 0 Å². The van der Waals surface area contributed by atoms with Crippen LogP contribution in [0.5, 0.6) is 0 Å². The van der Waals surface area contributed by atoms with Crippen LogP contribution in [0.1, 0.15) is 108 Å². The lowest BCUT2D eigenvalue weighted by molar-refractivity contribution is 0.302. The molecule has 2 heteroatoms. The number of rotatable bonds is 11. The molecule has 1 aromatic carbocycles. The van der Waals surface area contributed by atoms with Gasteiger partial charge in [0, 0.05) is 11.8 Å². The zero-order valence-electron chi connectivity index (χ0n) is 19.1. The lowest BCUT2D eigenvalue weighted by Crippen LogP contribution is -2.13. The molecule has 0 aliphatic heterocycles. The Kier molecular flexibility index (Phi) is 9.36. The number of hydrogen-bond acceptors (Lipinski definition) is 1. The van der Waals surface area contributed by atoms with Gasteiger partial charge in [0.2, 0.25) is 0 Å². The minimum atomic E-state index is -0.146. The summed E-state index contributed by atoms with van der Waals surface area (Å²) in [5.74, 6) is 1.41. The summed E-state index contributed by atoms with van der Waals surface area (Å²) in [6.07, 6.45) is 18.7. The van der Waals surface area contributed by atoms with Crippen LogP contribution in [-0.4, -0.2) is 4.98 Å². The van der Waals surface area contributed by atoms with E-state index in [1.165, 1.54) is 76.2 Å². The molecular weight excluding hydrogens is 369 g/mol. The van der Waals surface area contributed by atoms with E-state index in [0.717, 1.165) is 30.0 Å². The Hall–Kier alpha value is -1.70. The summed E-state index contributed by atoms with van der Waals surface area (Å²) in [7, 11) is 0. The molecule has 1 heterocycles. The van der Waals surface area contributed by atoms with Gasteiger partial charge in [0.15, 0.2) is 0 Å². The van der Waals surface area contributed by atoms with Crippen molar-refractivity contribution in [1.82, 2.24) is 4.98 Å². The average molecular weight is 410 g/mol. The summed E-state index contributed by atoms with van der Waals surface area (Å²) in [4.78, 5) is 4.64. The van der Waals surface area contributed by atoms with Crippen molar-refractivity contribution in [2.24, 2.45) is 5.92 Å². The van der Waals surface area contributed by atoms with E-state index in [9.17, 15) is 4.39 Å². The molecule has 0 atom stereocenters. The second-order valence-corrected chi connectivity index (χ2v) is 9.32. The Morgan fingerprint density at radius 1 is 0.867 bits per heavy atom. The number of benzene rings is 1. The zero-order valence-corrected chi connectivity index (χ0v) is 19.1. The van der Waals surface area contributed by atoms with Gasteiger partial charge in [0.1, 0.15) is 5.82 Å². The van der Waals surface area contributed by atoms with E-state index in [0.29, 0.717) is 11.5 Å². The van der Waals surface area contributed by atoms with Gasteiger partial charge >= 0.3 is 0 Å².